The minimum absolute atomic E-state index is 0.0329. The molecule has 1 saturated heterocycles. The summed E-state index contributed by atoms with van der Waals surface area (Å²) < 4.78 is 5.49. The maximum Gasteiger partial charge on any atom is 0.325 e. The molecule has 1 aliphatic heterocycles. The highest BCUT2D eigenvalue weighted by atomic mass is 16.5. The van der Waals surface area contributed by atoms with Crippen molar-refractivity contribution in [3.63, 3.8) is 0 Å². The zero-order valence-corrected chi connectivity index (χ0v) is 14.1. The van der Waals surface area contributed by atoms with Gasteiger partial charge in [-0.25, -0.2) is 4.79 Å². The number of nitrogens with one attached hydrogen (secondary N) is 1. The van der Waals surface area contributed by atoms with E-state index in [0.29, 0.717) is 12.2 Å². The van der Waals surface area contributed by atoms with Crippen LogP contribution in [0.1, 0.15) is 25.3 Å². The fourth-order valence-electron chi connectivity index (χ4n) is 3.07. The number of ether oxygens (including phenoxy) is 1. The third kappa shape index (κ3) is 3.59. The monoisotopic (exact) mass is 343 g/mol. The number of hydrogen-bond acceptors (Lipinski definition) is 5. The normalized spacial score (nSPS) is 24.0. The van der Waals surface area contributed by atoms with Crippen LogP contribution in [0.3, 0.4) is 0 Å². The maximum absolute atomic E-state index is 12.5. The molecule has 25 heavy (non-hydrogen) atoms. The van der Waals surface area contributed by atoms with E-state index in [-0.39, 0.29) is 25.0 Å². The Hall–Kier alpha value is -2.59. The number of rotatable bonds is 7. The molecule has 3 amide bonds. The van der Waals surface area contributed by atoms with E-state index in [2.05, 4.69) is 11.4 Å². The predicted molar refractivity (Wildman–Crippen MR) is 88.6 cm³/mol. The number of carbonyl (C=O) groups excluding carboxylic acids is 2. The molecule has 0 unspecified atom stereocenters. The van der Waals surface area contributed by atoms with Gasteiger partial charge in [0.1, 0.15) is 24.0 Å². The summed E-state index contributed by atoms with van der Waals surface area (Å²) in [6.07, 6.45) is 1.22. The van der Waals surface area contributed by atoms with Gasteiger partial charge in [0, 0.05) is 0 Å². The second-order valence-electron chi connectivity index (χ2n) is 6.77. The van der Waals surface area contributed by atoms with Crippen molar-refractivity contribution in [1.82, 2.24) is 10.2 Å². The summed E-state index contributed by atoms with van der Waals surface area (Å²) >= 11 is 0. The maximum atomic E-state index is 12.5. The second-order valence-corrected chi connectivity index (χ2v) is 6.77. The van der Waals surface area contributed by atoms with Crippen molar-refractivity contribution in [2.45, 2.75) is 37.8 Å². The first kappa shape index (κ1) is 17.2. The Kier molecular flexibility index (Phi) is 4.64. The molecule has 7 heteroatoms. The largest absolute Gasteiger partial charge is 0.491 e. The van der Waals surface area contributed by atoms with E-state index in [4.69, 9.17) is 10.00 Å². The van der Waals surface area contributed by atoms with Crippen LogP contribution in [0.2, 0.25) is 0 Å². The van der Waals surface area contributed by atoms with Gasteiger partial charge in [-0.15, -0.1) is 0 Å². The molecule has 1 heterocycles. The Morgan fingerprint density at radius 2 is 2.08 bits per heavy atom. The molecule has 0 bridgehead atoms. The first-order valence-corrected chi connectivity index (χ1v) is 8.35. The van der Waals surface area contributed by atoms with Gasteiger partial charge in [-0.2, -0.15) is 5.26 Å². The number of urea groups is 1. The van der Waals surface area contributed by atoms with Crippen LogP contribution in [-0.4, -0.2) is 46.7 Å². The SMILES string of the molecule is C[C@]1(C2CC2)NC(=O)N(C[C@@H](O)COc2ccc(CC#N)cc2)C1=O. The van der Waals surface area contributed by atoms with Crippen molar-refractivity contribution in [3.05, 3.63) is 29.8 Å². The van der Waals surface area contributed by atoms with Crippen LogP contribution in [0, 0.1) is 17.2 Å². The summed E-state index contributed by atoms with van der Waals surface area (Å²) in [5, 5.41) is 21.5. The highest BCUT2D eigenvalue weighted by Crippen LogP contribution is 2.42. The van der Waals surface area contributed by atoms with Gasteiger partial charge in [0.25, 0.3) is 5.91 Å². The van der Waals surface area contributed by atoms with Crippen molar-refractivity contribution in [1.29, 1.82) is 5.26 Å². The molecule has 1 saturated carbocycles. The summed E-state index contributed by atoms with van der Waals surface area (Å²) in [7, 11) is 0. The second kappa shape index (κ2) is 6.73. The van der Waals surface area contributed by atoms with Crippen molar-refractivity contribution >= 4 is 11.9 Å². The van der Waals surface area contributed by atoms with E-state index in [1.807, 2.05) is 0 Å². The van der Waals surface area contributed by atoms with Gasteiger partial charge >= 0.3 is 6.03 Å². The highest BCUT2D eigenvalue weighted by Gasteiger charge is 2.56. The number of imide groups is 1. The van der Waals surface area contributed by atoms with Gasteiger partial charge in [0.2, 0.25) is 0 Å². The number of β-amino-alcohol motifs (C(OH)–C–C–N with tert-alkyl or cyclic N) is 1. The third-order valence-corrected chi connectivity index (χ3v) is 4.74. The highest BCUT2D eigenvalue weighted by molar-refractivity contribution is 6.07. The zero-order chi connectivity index (χ0) is 18.0. The van der Waals surface area contributed by atoms with E-state index >= 15 is 0 Å². The quantitative estimate of drug-likeness (QED) is 0.725. The molecule has 7 nitrogen and oxygen atoms in total. The first-order chi connectivity index (χ1) is 11.9. The Bertz CT molecular complexity index is 708. The molecule has 2 fully saturated rings. The number of benzene rings is 1. The Labute approximate surface area is 146 Å². The van der Waals surface area contributed by atoms with Crippen LogP contribution < -0.4 is 10.1 Å². The molecular formula is C18H21N3O4. The lowest BCUT2D eigenvalue weighted by Crippen LogP contribution is -2.46. The molecule has 1 aromatic rings. The van der Waals surface area contributed by atoms with Crippen LogP contribution in [0.4, 0.5) is 4.79 Å². The van der Waals surface area contributed by atoms with E-state index in [1.165, 1.54) is 0 Å². The van der Waals surface area contributed by atoms with Gasteiger partial charge in [-0.3, -0.25) is 9.69 Å². The Morgan fingerprint density at radius 1 is 1.40 bits per heavy atom. The number of nitrogens with zero attached hydrogens (tertiary/aromatic N) is 2. The standard InChI is InChI=1S/C18H21N3O4/c1-18(13-4-5-13)16(23)21(17(24)20-18)10-14(22)11-25-15-6-2-12(3-7-15)8-9-19/h2-3,6-7,13-14,22H,4-5,8,10-11H2,1H3,(H,20,24)/t14-,18-/m1/s1. The summed E-state index contributed by atoms with van der Waals surface area (Å²) in [5.74, 6) is 0.468. The summed E-state index contributed by atoms with van der Waals surface area (Å²) in [5.41, 5.74) is 0.0444. The first-order valence-electron chi connectivity index (χ1n) is 8.35. The molecule has 0 radical (unpaired) electrons. The number of aliphatic hydroxyl groups is 1. The lowest BCUT2D eigenvalue weighted by Gasteiger charge is -2.22. The van der Waals surface area contributed by atoms with E-state index < -0.39 is 17.7 Å². The average molecular weight is 343 g/mol. The molecule has 2 atom stereocenters. The number of hydrogen-bond donors (Lipinski definition) is 2. The molecular weight excluding hydrogens is 322 g/mol. The van der Waals surface area contributed by atoms with Gasteiger partial charge in [0.05, 0.1) is 19.0 Å². The fraction of sp³-hybridized carbons (Fsp3) is 0.500. The molecule has 3 rings (SSSR count). The summed E-state index contributed by atoms with van der Waals surface area (Å²) in [6.45, 7) is 1.62. The van der Waals surface area contributed by atoms with Crippen molar-refractivity contribution in [2.24, 2.45) is 5.92 Å². The lowest BCUT2D eigenvalue weighted by molar-refractivity contribution is -0.132. The smallest absolute Gasteiger partial charge is 0.325 e. The van der Waals surface area contributed by atoms with Crippen molar-refractivity contribution in [3.8, 4) is 11.8 Å². The van der Waals surface area contributed by atoms with Gasteiger partial charge in [-0.05, 0) is 43.4 Å². The predicted octanol–water partition coefficient (Wildman–Crippen LogP) is 1.21. The fourth-order valence-corrected chi connectivity index (χ4v) is 3.07. The summed E-state index contributed by atoms with van der Waals surface area (Å²) in [4.78, 5) is 25.6. The van der Waals surface area contributed by atoms with E-state index in [0.717, 1.165) is 23.3 Å². The number of carbonyl (C=O) groups is 2. The van der Waals surface area contributed by atoms with Crippen molar-refractivity contribution in [2.75, 3.05) is 13.2 Å². The molecule has 2 N–H and O–H groups in total. The lowest BCUT2D eigenvalue weighted by atomic mass is 9.96. The molecule has 132 valence electrons. The van der Waals surface area contributed by atoms with Crippen LogP contribution in [0.5, 0.6) is 5.75 Å². The minimum atomic E-state index is -0.977. The van der Waals surface area contributed by atoms with Gasteiger partial charge in [-0.1, -0.05) is 12.1 Å². The molecule has 2 aliphatic rings. The van der Waals surface area contributed by atoms with Crippen LogP contribution >= 0.6 is 0 Å². The number of nitriles is 1. The number of aliphatic hydroxyl groups excluding tert-OH is 1. The van der Waals surface area contributed by atoms with E-state index in [1.54, 1.807) is 31.2 Å². The molecule has 0 aromatic heterocycles. The van der Waals surface area contributed by atoms with Gasteiger partial charge in [0.15, 0.2) is 0 Å². The van der Waals surface area contributed by atoms with Crippen LogP contribution in [0.15, 0.2) is 24.3 Å². The topological polar surface area (TPSA) is 103 Å². The summed E-state index contributed by atoms with van der Waals surface area (Å²) in [6, 6.07) is 8.61. The van der Waals surface area contributed by atoms with Crippen LogP contribution in [-0.2, 0) is 11.2 Å². The van der Waals surface area contributed by atoms with E-state index in [9.17, 15) is 14.7 Å². The average Bonchev–Trinajstić information content (AvgIpc) is 3.41. The van der Waals surface area contributed by atoms with Crippen LogP contribution in [0.25, 0.3) is 0 Å². The zero-order valence-electron chi connectivity index (χ0n) is 14.1. The van der Waals surface area contributed by atoms with Gasteiger partial charge < -0.3 is 15.2 Å². The third-order valence-electron chi connectivity index (χ3n) is 4.74. The Morgan fingerprint density at radius 3 is 2.68 bits per heavy atom. The van der Waals surface area contributed by atoms with Crippen molar-refractivity contribution < 1.29 is 19.4 Å². The Balaban J connectivity index is 1.52. The minimum Gasteiger partial charge on any atom is -0.491 e. The molecule has 1 aliphatic carbocycles. The molecule has 1 aromatic carbocycles. The number of amides is 3. The molecule has 0 spiro atoms.